The molecule has 16 heavy (non-hydrogen) atoms. The zero-order chi connectivity index (χ0) is 11.8. The van der Waals surface area contributed by atoms with E-state index in [1.807, 2.05) is 0 Å². The van der Waals surface area contributed by atoms with Crippen LogP contribution >= 0.6 is 0 Å². The molecule has 0 radical (unpaired) electrons. The molecule has 3 nitrogen and oxygen atoms in total. The monoisotopic (exact) mass is 222 g/mol. The fourth-order valence-electron chi connectivity index (χ4n) is 1.32. The summed E-state index contributed by atoms with van der Waals surface area (Å²) in [5.41, 5.74) is 0.777. The van der Waals surface area contributed by atoms with Crippen LogP contribution in [0.4, 0.5) is 10.1 Å². The van der Waals surface area contributed by atoms with Crippen molar-refractivity contribution in [1.82, 2.24) is 0 Å². The minimum absolute atomic E-state index is 0.0740. The Morgan fingerprint density at radius 1 is 1.44 bits per heavy atom. The summed E-state index contributed by atoms with van der Waals surface area (Å²) >= 11 is 0. The molecule has 0 aliphatic rings. The Kier molecular flexibility index (Phi) is 5.30. The van der Waals surface area contributed by atoms with Gasteiger partial charge in [0, 0.05) is 25.9 Å². The molecule has 0 aliphatic carbocycles. The zero-order valence-electron chi connectivity index (χ0n) is 9.29. The van der Waals surface area contributed by atoms with Gasteiger partial charge in [-0.3, -0.25) is 0 Å². The molecule has 0 aliphatic heterocycles. The molecule has 1 aromatic carbocycles. The van der Waals surface area contributed by atoms with Crippen molar-refractivity contribution in [2.75, 3.05) is 25.6 Å². The summed E-state index contributed by atoms with van der Waals surface area (Å²) < 4.78 is 18.1. The number of anilines is 1. The van der Waals surface area contributed by atoms with Gasteiger partial charge in [-0.15, -0.1) is 0 Å². The first-order valence-corrected chi connectivity index (χ1v) is 5.20. The number of rotatable bonds is 6. The highest BCUT2D eigenvalue weighted by molar-refractivity contribution is 5.47. The number of hydrogen-bond acceptors (Lipinski definition) is 3. The molecule has 0 saturated carbocycles. The van der Waals surface area contributed by atoms with E-state index in [2.05, 4.69) is 5.32 Å². The quantitative estimate of drug-likeness (QED) is 0.752. The largest absolute Gasteiger partial charge is 0.385 e. The van der Waals surface area contributed by atoms with Crippen LogP contribution < -0.4 is 5.32 Å². The van der Waals surface area contributed by atoms with Gasteiger partial charge in [0.05, 0.1) is 5.56 Å². The van der Waals surface area contributed by atoms with Crippen LogP contribution in [0.25, 0.3) is 0 Å². The molecule has 0 atom stereocenters. The Hall–Kier alpha value is -1.60. The number of nitriles is 1. The summed E-state index contributed by atoms with van der Waals surface area (Å²) in [4.78, 5) is 0. The number of nitrogens with zero attached hydrogens (tertiary/aromatic N) is 1. The van der Waals surface area contributed by atoms with Gasteiger partial charge in [-0.25, -0.2) is 4.39 Å². The van der Waals surface area contributed by atoms with E-state index in [9.17, 15) is 4.39 Å². The predicted octanol–water partition coefficient (Wildman–Crippen LogP) is 2.54. The van der Waals surface area contributed by atoms with Gasteiger partial charge in [-0.1, -0.05) is 0 Å². The third-order valence-corrected chi connectivity index (χ3v) is 2.19. The van der Waals surface area contributed by atoms with Crippen LogP contribution in [0, 0.1) is 17.1 Å². The minimum atomic E-state index is -0.482. The molecule has 0 unspecified atom stereocenters. The zero-order valence-corrected chi connectivity index (χ0v) is 9.29. The van der Waals surface area contributed by atoms with Crippen LogP contribution in [0.15, 0.2) is 18.2 Å². The topological polar surface area (TPSA) is 45.0 Å². The highest BCUT2D eigenvalue weighted by atomic mass is 19.1. The lowest BCUT2D eigenvalue weighted by Crippen LogP contribution is -2.03. The number of methoxy groups -OCH3 is 1. The molecular weight excluding hydrogens is 207 g/mol. The van der Waals surface area contributed by atoms with Crippen molar-refractivity contribution in [2.45, 2.75) is 12.8 Å². The van der Waals surface area contributed by atoms with Crippen LogP contribution in [0.2, 0.25) is 0 Å². The molecule has 4 heteroatoms. The first-order chi connectivity index (χ1) is 7.77. The maximum absolute atomic E-state index is 13.2. The van der Waals surface area contributed by atoms with E-state index in [4.69, 9.17) is 10.00 Å². The minimum Gasteiger partial charge on any atom is -0.385 e. The van der Waals surface area contributed by atoms with Crippen molar-refractivity contribution in [3.63, 3.8) is 0 Å². The van der Waals surface area contributed by atoms with E-state index in [1.165, 1.54) is 12.1 Å². The van der Waals surface area contributed by atoms with Crippen LogP contribution in [0.1, 0.15) is 18.4 Å². The predicted molar refractivity (Wildman–Crippen MR) is 60.7 cm³/mol. The molecule has 1 rings (SSSR count). The lowest BCUT2D eigenvalue weighted by molar-refractivity contribution is 0.194. The molecule has 0 amide bonds. The molecule has 0 heterocycles. The lowest BCUT2D eigenvalue weighted by atomic mass is 10.2. The van der Waals surface area contributed by atoms with E-state index in [-0.39, 0.29) is 5.56 Å². The molecule has 0 bridgehead atoms. The average molecular weight is 222 g/mol. The van der Waals surface area contributed by atoms with Gasteiger partial charge >= 0.3 is 0 Å². The smallest absolute Gasteiger partial charge is 0.143 e. The average Bonchev–Trinajstić information content (AvgIpc) is 2.29. The molecular formula is C12H15FN2O. The Balaban J connectivity index is 2.38. The third-order valence-electron chi connectivity index (χ3n) is 2.19. The Morgan fingerprint density at radius 3 is 2.88 bits per heavy atom. The molecule has 1 N–H and O–H groups in total. The summed E-state index contributed by atoms with van der Waals surface area (Å²) in [7, 11) is 1.67. The summed E-state index contributed by atoms with van der Waals surface area (Å²) in [6.45, 7) is 1.51. The summed E-state index contributed by atoms with van der Waals surface area (Å²) in [5.74, 6) is -0.482. The normalized spacial score (nSPS) is 9.81. The van der Waals surface area contributed by atoms with Crippen molar-refractivity contribution in [3.8, 4) is 6.07 Å². The van der Waals surface area contributed by atoms with Gasteiger partial charge in [-0.05, 0) is 31.0 Å². The molecule has 0 spiro atoms. The van der Waals surface area contributed by atoms with Crippen molar-refractivity contribution in [2.24, 2.45) is 0 Å². The number of halogens is 1. The van der Waals surface area contributed by atoms with Crippen molar-refractivity contribution < 1.29 is 9.13 Å². The van der Waals surface area contributed by atoms with E-state index in [0.717, 1.165) is 26.0 Å². The van der Waals surface area contributed by atoms with Crippen LogP contribution in [-0.4, -0.2) is 20.3 Å². The molecule has 0 saturated heterocycles. The van der Waals surface area contributed by atoms with Gasteiger partial charge < -0.3 is 10.1 Å². The molecule has 0 aromatic heterocycles. The third kappa shape index (κ3) is 3.87. The Labute approximate surface area is 94.8 Å². The second-order valence-corrected chi connectivity index (χ2v) is 3.43. The van der Waals surface area contributed by atoms with Crippen molar-refractivity contribution in [3.05, 3.63) is 29.6 Å². The SMILES string of the molecule is COCCCCNc1ccc(C#N)c(F)c1. The van der Waals surface area contributed by atoms with E-state index < -0.39 is 5.82 Å². The fourth-order valence-corrected chi connectivity index (χ4v) is 1.32. The second-order valence-electron chi connectivity index (χ2n) is 3.43. The summed E-state index contributed by atoms with van der Waals surface area (Å²) in [6.07, 6.45) is 1.94. The second kappa shape index (κ2) is 6.81. The molecule has 86 valence electrons. The van der Waals surface area contributed by atoms with Crippen LogP contribution in [0.5, 0.6) is 0 Å². The number of unbranched alkanes of at least 4 members (excludes halogenated alkanes) is 1. The lowest BCUT2D eigenvalue weighted by Gasteiger charge is -2.06. The first kappa shape index (κ1) is 12.5. The fraction of sp³-hybridized carbons (Fsp3) is 0.417. The van der Waals surface area contributed by atoms with Gasteiger partial charge in [-0.2, -0.15) is 5.26 Å². The summed E-state index contributed by atoms with van der Waals surface area (Å²) in [6, 6.07) is 6.31. The van der Waals surface area contributed by atoms with Gasteiger partial charge in [0.15, 0.2) is 0 Å². The summed E-state index contributed by atoms with van der Waals surface area (Å²) in [5, 5.41) is 11.6. The van der Waals surface area contributed by atoms with E-state index in [1.54, 1.807) is 19.2 Å². The number of hydrogen-bond donors (Lipinski definition) is 1. The Morgan fingerprint density at radius 2 is 2.25 bits per heavy atom. The van der Waals surface area contributed by atoms with E-state index >= 15 is 0 Å². The van der Waals surface area contributed by atoms with Gasteiger partial charge in [0.25, 0.3) is 0 Å². The molecule has 0 fully saturated rings. The maximum atomic E-state index is 13.2. The maximum Gasteiger partial charge on any atom is 0.143 e. The van der Waals surface area contributed by atoms with Gasteiger partial charge in [0.1, 0.15) is 11.9 Å². The highest BCUT2D eigenvalue weighted by Crippen LogP contribution is 2.13. The number of benzene rings is 1. The Bertz CT molecular complexity index is 374. The highest BCUT2D eigenvalue weighted by Gasteiger charge is 2.01. The van der Waals surface area contributed by atoms with Crippen LogP contribution in [0.3, 0.4) is 0 Å². The van der Waals surface area contributed by atoms with Crippen LogP contribution in [-0.2, 0) is 4.74 Å². The number of ether oxygens (including phenoxy) is 1. The van der Waals surface area contributed by atoms with Crippen molar-refractivity contribution in [1.29, 1.82) is 5.26 Å². The molecule has 1 aromatic rings. The van der Waals surface area contributed by atoms with Crippen molar-refractivity contribution >= 4 is 5.69 Å². The standard InChI is InChI=1S/C12H15FN2O/c1-16-7-3-2-6-15-11-5-4-10(9-14)12(13)8-11/h4-5,8,15H,2-3,6-7H2,1H3. The van der Waals surface area contributed by atoms with Gasteiger partial charge in [0.2, 0.25) is 0 Å². The first-order valence-electron chi connectivity index (χ1n) is 5.20. The van der Waals surface area contributed by atoms with E-state index in [0.29, 0.717) is 5.69 Å². The number of nitrogens with one attached hydrogen (secondary N) is 1.